The fourth-order valence-electron chi connectivity index (χ4n) is 2.76. The van der Waals surface area contributed by atoms with Gasteiger partial charge in [0.05, 0.1) is 0 Å². The van der Waals surface area contributed by atoms with E-state index < -0.39 is 0 Å². The lowest BCUT2D eigenvalue weighted by Gasteiger charge is -2.35. The Morgan fingerprint density at radius 2 is 1.52 bits per heavy atom. The summed E-state index contributed by atoms with van der Waals surface area (Å²) in [5, 5.41) is 2.97. The molecule has 0 unspecified atom stereocenters. The molecule has 0 atom stereocenters. The van der Waals surface area contributed by atoms with Crippen LogP contribution >= 0.6 is 0 Å². The molecule has 2 rings (SSSR count). The summed E-state index contributed by atoms with van der Waals surface area (Å²) in [6.07, 6.45) is 0. The van der Waals surface area contributed by atoms with E-state index in [1.165, 1.54) is 5.56 Å². The van der Waals surface area contributed by atoms with Crippen molar-refractivity contribution in [2.75, 3.05) is 32.7 Å². The Hall–Kier alpha value is -2.04. The Bertz CT molecular complexity index is 594. The van der Waals surface area contributed by atoms with Crippen LogP contribution in [0.1, 0.15) is 56.5 Å². The summed E-state index contributed by atoms with van der Waals surface area (Å²) in [5.74, 6) is 0.504. The third-order valence-electron chi connectivity index (χ3n) is 4.45. The van der Waals surface area contributed by atoms with Gasteiger partial charge in [-0.2, -0.15) is 0 Å². The molecule has 1 saturated heterocycles. The first-order valence-corrected chi connectivity index (χ1v) is 9.09. The van der Waals surface area contributed by atoms with E-state index >= 15 is 0 Å². The van der Waals surface area contributed by atoms with Crippen LogP contribution < -0.4 is 5.32 Å². The van der Waals surface area contributed by atoms with Crippen LogP contribution in [-0.4, -0.2) is 54.5 Å². The summed E-state index contributed by atoms with van der Waals surface area (Å²) in [6, 6.07) is 7.81. The van der Waals surface area contributed by atoms with Crippen molar-refractivity contribution in [2.45, 2.75) is 40.5 Å². The summed E-state index contributed by atoms with van der Waals surface area (Å²) in [7, 11) is 0. The maximum atomic E-state index is 12.6. The first-order chi connectivity index (χ1) is 11.7. The van der Waals surface area contributed by atoms with E-state index in [1.807, 2.05) is 29.2 Å². The van der Waals surface area contributed by atoms with Crippen molar-refractivity contribution < 1.29 is 9.59 Å². The number of hydrogen-bond donors (Lipinski definition) is 1. The van der Waals surface area contributed by atoms with Gasteiger partial charge in [-0.1, -0.05) is 46.8 Å². The lowest BCUT2D eigenvalue weighted by atomic mass is 9.97. The van der Waals surface area contributed by atoms with Crippen LogP contribution in [0.2, 0.25) is 0 Å². The lowest BCUT2D eigenvalue weighted by molar-refractivity contribution is 0.0664. The second-order valence-corrected chi connectivity index (χ2v) is 8.28. The molecule has 1 aliphatic rings. The summed E-state index contributed by atoms with van der Waals surface area (Å²) in [5.41, 5.74) is 2.02. The number of carbonyl (C=O) groups excluding carboxylic acids is 2. The van der Waals surface area contributed by atoms with Gasteiger partial charge in [-0.15, -0.1) is 0 Å². The Morgan fingerprint density at radius 3 is 2.00 bits per heavy atom. The maximum Gasteiger partial charge on any atom is 0.317 e. The number of nitrogens with one attached hydrogen (secondary N) is 1. The predicted molar refractivity (Wildman–Crippen MR) is 101 cm³/mol. The number of rotatable bonds is 3. The Morgan fingerprint density at radius 1 is 1.00 bits per heavy atom. The molecule has 25 heavy (non-hydrogen) atoms. The van der Waals surface area contributed by atoms with Crippen LogP contribution in [0.15, 0.2) is 24.3 Å². The smallest absolute Gasteiger partial charge is 0.317 e. The second-order valence-electron chi connectivity index (χ2n) is 8.28. The number of carbonyl (C=O) groups is 2. The second kappa shape index (κ2) is 7.89. The van der Waals surface area contributed by atoms with Crippen LogP contribution in [0.5, 0.6) is 0 Å². The van der Waals surface area contributed by atoms with Gasteiger partial charge >= 0.3 is 6.03 Å². The van der Waals surface area contributed by atoms with E-state index in [4.69, 9.17) is 0 Å². The van der Waals surface area contributed by atoms with Gasteiger partial charge in [-0.3, -0.25) is 4.79 Å². The molecule has 5 heteroatoms. The summed E-state index contributed by atoms with van der Waals surface area (Å²) < 4.78 is 0. The van der Waals surface area contributed by atoms with E-state index in [9.17, 15) is 9.59 Å². The van der Waals surface area contributed by atoms with Crippen molar-refractivity contribution >= 4 is 11.9 Å². The van der Waals surface area contributed by atoms with E-state index in [-0.39, 0.29) is 17.4 Å². The average molecular weight is 345 g/mol. The van der Waals surface area contributed by atoms with Crippen LogP contribution in [0.3, 0.4) is 0 Å². The van der Waals surface area contributed by atoms with E-state index in [0.29, 0.717) is 38.6 Å². The van der Waals surface area contributed by atoms with Gasteiger partial charge in [0.1, 0.15) is 0 Å². The van der Waals surface area contributed by atoms with Gasteiger partial charge in [0, 0.05) is 38.3 Å². The zero-order chi connectivity index (χ0) is 18.6. The average Bonchev–Trinajstić information content (AvgIpc) is 2.58. The molecule has 5 nitrogen and oxygen atoms in total. The van der Waals surface area contributed by atoms with Crippen molar-refractivity contribution in [2.24, 2.45) is 5.41 Å². The SMILES string of the molecule is CC(C)c1ccc(C(=O)N2CCN(C(=O)NCC(C)(C)C)CC2)cc1. The quantitative estimate of drug-likeness (QED) is 0.913. The molecule has 0 aliphatic carbocycles. The standard InChI is InChI=1S/C20H31N3O2/c1-15(2)16-6-8-17(9-7-16)18(24)22-10-12-23(13-11-22)19(25)21-14-20(3,4)5/h6-9,15H,10-14H2,1-5H3,(H,21,25). The molecule has 0 radical (unpaired) electrons. The van der Waals surface area contributed by atoms with Gasteiger partial charge in [0.25, 0.3) is 5.91 Å². The van der Waals surface area contributed by atoms with Gasteiger partial charge in [-0.25, -0.2) is 4.79 Å². The number of nitrogens with zero attached hydrogens (tertiary/aromatic N) is 2. The van der Waals surface area contributed by atoms with E-state index in [1.54, 1.807) is 4.90 Å². The first kappa shape index (κ1) is 19.3. The number of benzene rings is 1. The largest absolute Gasteiger partial charge is 0.337 e. The molecule has 0 spiro atoms. The summed E-state index contributed by atoms with van der Waals surface area (Å²) >= 11 is 0. The molecule has 0 bridgehead atoms. The van der Waals surface area contributed by atoms with Crippen molar-refractivity contribution in [3.8, 4) is 0 Å². The van der Waals surface area contributed by atoms with Crippen LogP contribution in [-0.2, 0) is 0 Å². The molecule has 1 fully saturated rings. The number of amides is 3. The highest BCUT2D eigenvalue weighted by Gasteiger charge is 2.25. The minimum absolute atomic E-state index is 0.0386. The Labute approximate surface area is 151 Å². The highest BCUT2D eigenvalue weighted by molar-refractivity contribution is 5.94. The fourth-order valence-corrected chi connectivity index (χ4v) is 2.76. The minimum Gasteiger partial charge on any atom is -0.337 e. The fraction of sp³-hybridized carbons (Fsp3) is 0.600. The summed E-state index contributed by atoms with van der Waals surface area (Å²) in [4.78, 5) is 28.4. The topological polar surface area (TPSA) is 52.7 Å². The number of piperazine rings is 1. The van der Waals surface area contributed by atoms with Crippen LogP contribution in [0, 0.1) is 5.41 Å². The molecule has 3 amide bonds. The number of hydrogen-bond acceptors (Lipinski definition) is 2. The lowest BCUT2D eigenvalue weighted by Crippen LogP contribution is -2.53. The molecule has 1 heterocycles. The molecule has 138 valence electrons. The van der Waals surface area contributed by atoms with Crippen molar-refractivity contribution in [1.82, 2.24) is 15.1 Å². The molecular formula is C20H31N3O2. The molecule has 1 aliphatic heterocycles. The van der Waals surface area contributed by atoms with Gasteiger partial charge in [0.15, 0.2) is 0 Å². The Kier molecular flexibility index (Phi) is 6.09. The summed E-state index contributed by atoms with van der Waals surface area (Å²) in [6.45, 7) is 13.5. The minimum atomic E-state index is -0.0386. The third kappa shape index (κ3) is 5.48. The molecule has 0 aromatic heterocycles. The van der Waals surface area contributed by atoms with Crippen LogP contribution in [0.25, 0.3) is 0 Å². The highest BCUT2D eigenvalue weighted by Crippen LogP contribution is 2.16. The first-order valence-electron chi connectivity index (χ1n) is 9.09. The predicted octanol–water partition coefficient (Wildman–Crippen LogP) is 3.32. The van der Waals surface area contributed by atoms with Gasteiger partial charge in [0.2, 0.25) is 0 Å². The van der Waals surface area contributed by atoms with Gasteiger partial charge in [-0.05, 0) is 29.0 Å². The van der Waals surface area contributed by atoms with Crippen molar-refractivity contribution in [3.05, 3.63) is 35.4 Å². The van der Waals surface area contributed by atoms with Crippen LogP contribution in [0.4, 0.5) is 4.79 Å². The molecule has 1 aromatic rings. The highest BCUT2D eigenvalue weighted by atomic mass is 16.2. The number of urea groups is 1. The normalized spacial score (nSPS) is 15.4. The maximum absolute atomic E-state index is 12.6. The Balaban J connectivity index is 1.86. The molecular weight excluding hydrogens is 314 g/mol. The van der Waals surface area contributed by atoms with E-state index in [2.05, 4.69) is 39.9 Å². The zero-order valence-electron chi connectivity index (χ0n) is 16.1. The van der Waals surface area contributed by atoms with E-state index in [0.717, 1.165) is 5.56 Å². The van der Waals surface area contributed by atoms with Gasteiger partial charge < -0.3 is 15.1 Å². The monoisotopic (exact) mass is 345 g/mol. The third-order valence-corrected chi connectivity index (χ3v) is 4.45. The molecule has 1 aromatic carbocycles. The molecule has 1 N–H and O–H groups in total. The molecule has 0 saturated carbocycles. The van der Waals surface area contributed by atoms with Crippen molar-refractivity contribution in [1.29, 1.82) is 0 Å². The van der Waals surface area contributed by atoms with Crippen molar-refractivity contribution in [3.63, 3.8) is 0 Å². The zero-order valence-corrected chi connectivity index (χ0v) is 16.1.